The van der Waals surface area contributed by atoms with Gasteiger partial charge in [0.15, 0.2) is 9.84 Å². The van der Waals surface area contributed by atoms with Crippen LogP contribution in [0.1, 0.15) is 25.3 Å². The molecule has 0 unspecified atom stereocenters. The van der Waals surface area contributed by atoms with Gasteiger partial charge in [0.25, 0.3) is 0 Å². The minimum absolute atomic E-state index is 0.181. The molecular weight excluding hydrogens is 396 g/mol. The highest BCUT2D eigenvalue weighted by molar-refractivity contribution is 7.92. The highest BCUT2D eigenvalue weighted by Crippen LogP contribution is 2.55. The second-order valence-corrected chi connectivity index (χ2v) is 10.8. The van der Waals surface area contributed by atoms with Gasteiger partial charge in [-0.25, -0.2) is 13.4 Å². The van der Waals surface area contributed by atoms with E-state index in [4.69, 9.17) is 9.72 Å². The van der Waals surface area contributed by atoms with Gasteiger partial charge in [-0.05, 0) is 55.1 Å². The second-order valence-electron chi connectivity index (χ2n) is 7.70. The minimum atomic E-state index is -3.24. The topological polar surface area (TPSA) is 88.2 Å². The largest absolute Gasteiger partial charge is 0.377 e. The van der Waals surface area contributed by atoms with Gasteiger partial charge in [-0.1, -0.05) is 0 Å². The van der Waals surface area contributed by atoms with Gasteiger partial charge in [-0.3, -0.25) is 0 Å². The van der Waals surface area contributed by atoms with Crippen molar-refractivity contribution in [3.8, 4) is 11.4 Å². The maximum atomic E-state index is 12.7. The van der Waals surface area contributed by atoms with Gasteiger partial charge in [0.2, 0.25) is 0 Å². The lowest BCUT2D eigenvalue weighted by Crippen LogP contribution is -2.44. The number of nitrogens with one attached hydrogen (secondary N) is 1. The lowest BCUT2D eigenvalue weighted by molar-refractivity contribution is 0.0985. The number of fused-ring (bicyclic) bond motifs is 1. The van der Waals surface area contributed by atoms with Crippen LogP contribution in [0.4, 0.5) is 5.82 Å². The van der Waals surface area contributed by atoms with Gasteiger partial charge in [0, 0.05) is 19.0 Å². The number of rotatable bonds is 4. The maximum absolute atomic E-state index is 12.7. The molecule has 3 aromatic heterocycles. The molecule has 28 heavy (non-hydrogen) atoms. The van der Waals surface area contributed by atoms with E-state index in [-0.39, 0.29) is 6.04 Å². The van der Waals surface area contributed by atoms with Crippen molar-refractivity contribution in [1.82, 2.24) is 14.3 Å². The van der Waals surface area contributed by atoms with Crippen LogP contribution < -0.4 is 4.90 Å². The number of hydrogen-bond acceptors (Lipinski definition) is 7. The van der Waals surface area contributed by atoms with E-state index in [1.54, 1.807) is 0 Å². The number of nitrogens with zero attached hydrogens (tertiary/aromatic N) is 3. The number of ether oxygens (including phenoxy) is 1. The van der Waals surface area contributed by atoms with Crippen LogP contribution in [-0.4, -0.2) is 54.8 Å². The van der Waals surface area contributed by atoms with Gasteiger partial charge in [-0.15, -0.1) is 0 Å². The van der Waals surface area contributed by atoms with E-state index in [1.165, 1.54) is 17.8 Å². The number of aromatic amines is 1. The Morgan fingerprint density at radius 2 is 2.21 bits per heavy atom. The van der Waals surface area contributed by atoms with E-state index in [0.717, 1.165) is 39.5 Å². The average molecular weight is 419 g/mol. The predicted octanol–water partition coefficient (Wildman–Crippen LogP) is 2.95. The molecule has 1 saturated heterocycles. The Balaban J connectivity index is 1.76. The third kappa shape index (κ3) is 2.67. The molecule has 0 spiro atoms. The first kappa shape index (κ1) is 18.1. The minimum Gasteiger partial charge on any atom is -0.377 e. The first-order chi connectivity index (χ1) is 13.4. The first-order valence-corrected chi connectivity index (χ1v) is 12.1. The normalized spacial score (nSPS) is 21.9. The summed E-state index contributed by atoms with van der Waals surface area (Å²) in [6.45, 7) is 4.12. The summed E-state index contributed by atoms with van der Waals surface area (Å²) in [5.74, 6) is 0.807. The fraction of sp³-hybridized carbons (Fsp3) is 0.474. The fourth-order valence-corrected chi connectivity index (χ4v) is 6.49. The van der Waals surface area contributed by atoms with Crippen molar-refractivity contribution in [3.05, 3.63) is 30.0 Å². The molecule has 1 N–H and O–H groups in total. The molecule has 0 bridgehead atoms. The number of sulfone groups is 1. The number of hydrogen-bond donors (Lipinski definition) is 1. The summed E-state index contributed by atoms with van der Waals surface area (Å²) in [5, 5.41) is 0. The lowest BCUT2D eigenvalue weighted by atomic mass is 10.1. The van der Waals surface area contributed by atoms with Crippen LogP contribution in [0.25, 0.3) is 21.6 Å². The molecule has 9 heteroatoms. The SMILES string of the molecule is C[C@@H]1COCCN1c1cc(C2(S(C)(=O)=O)CC2)c2snc(-c3ccc[nH]3)c2n1. The van der Waals surface area contributed by atoms with Crippen molar-refractivity contribution >= 4 is 37.4 Å². The van der Waals surface area contributed by atoms with Crippen LogP contribution in [0.3, 0.4) is 0 Å². The molecule has 2 fully saturated rings. The Labute approximate surface area is 167 Å². The molecule has 4 heterocycles. The zero-order chi connectivity index (χ0) is 19.5. The molecule has 148 valence electrons. The van der Waals surface area contributed by atoms with Gasteiger partial charge in [-0.2, -0.15) is 4.37 Å². The molecule has 7 nitrogen and oxygen atoms in total. The summed E-state index contributed by atoms with van der Waals surface area (Å²) < 4.78 is 35.6. The average Bonchev–Trinajstić information content (AvgIpc) is 3.11. The van der Waals surface area contributed by atoms with Gasteiger partial charge in [0.05, 0.1) is 34.4 Å². The zero-order valence-corrected chi connectivity index (χ0v) is 17.4. The van der Waals surface area contributed by atoms with Crippen LogP contribution in [0.15, 0.2) is 24.4 Å². The van der Waals surface area contributed by atoms with Crippen molar-refractivity contribution in [2.45, 2.75) is 30.6 Å². The third-order valence-corrected chi connectivity index (χ3v) is 8.75. The third-order valence-electron chi connectivity index (χ3n) is 5.83. The molecular formula is C19H22N4O3S2. The molecule has 1 saturated carbocycles. The summed E-state index contributed by atoms with van der Waals surface area (Å²) in [5.41, 5.74) is 3.29. The fourth-order valence-electron chi connectivity index (χ4n) is 4.07. The van der Waals surface area contributed by atoms with E-state index in [0.29, 0.717) is 26.1 Å². The van der Waals surface area contributed by atoms with E-state index >= 15 is 0 Å². The molecule has 1 atom stereocenters. The Morgan fingerprint density at radius 3 is 2.86 bits per heavy atom. The summed E-state index contributed by atoms with van der Waals surface area (Å²) in [7, 11) is -3.24. The number of aromatic nitrogens is 3. The summed E-state index contributed by atoms with van der Waals surface area (Å²) >= 11 is 1.34. The monoisotopic (exact) mass is 418 g/mol. The Hall–Kier alpha value is -1.97. The number of morpholine rings is 1. The van der Waals surface area contributed by atoms with Crippen LogP contribution >= 0.6 is 11.5 Å². The number of H-pyrrole nitrogens is 1. The van der Waals surface area contributed by atoms with Crippen LogP contribution in [0.2, 0.25) is 0 Å². The van der Waals surface area contributed by atoms with E-state index in [9.17, 15) is 8.42 Å². The van der Waals surface area contributed by atoms with E-state index in [1.807, 2.05) is 24.4 Å². The molecule has 3 aromatic rings. The first-order valence-electron chi connectivity index (χ1n) is 9.39. The molecule has 2 aliphatic rings. The Morgan fingerprint density at radius 1 is 1.39 bits per heavy atom. The van der Waals surface area contributed by atoms with Crippen molar-refractivity contribution < 1.29 is 13.2 Å². The van der Waals surface area contributed by atoms with Crippen LogP contribution in [0, 0.1) is 0 Å². The maximum Gasteiger partial charge on any atom is 0.157 e. The van der Waals surface area contributed by atoms with Crippen molar-refractivity contribution in [2.24, 2.45) is 0 Å². The van der Waals surface area contributed by atoms with Gasteiger partial charge in [0.1, 0.15) is 17.0 Å². The number of pyridine rings is 1. The molecule has 0 aromatic carbocycles. The Bertz CT molecular complexity index is 1130. The lowest BCUT2D eigenvalue weighted by Gasteiger charge is -2.34. The van der Waals surface area contributed by atoms with Crippen LogP contribution in [0.5, 0.6) is 0 Å². The molecule has 5 rings (SSSR count). The molecule has 0 amide bonds. The van der Waals surface area contributed by atoms with Gasteiger partial charge < -0.3 is 14.6 Å². The Kier molecular flexibility index (Phi) is 4.05. The molecule has 0 radical (unpaired) electrons. The highest BCUT2D eigenvalue weighted by Gasteiger charge is 2.55. The highest BCUT2D eigenvalue weighted by atomic mass is 32.2. The number of anilines is 1. The van der Waals surface area contributed by atoms with Crippen molar-refractivity contribution in [2.75, 3.05) is 30.9 Å². The van der Waals surface area contributed by atoms with Crippen LogP contribution in [-0.2, 0) is 19.3 Å². The van der Waals surface area contributed by atoms with E-state index < -0.39 is 14.6 Å². The zero-order valence-electron chi connectivity index (χ0n) is 15.8. The second kappa shape index (κ2) is 6.27. The quantitative estimate of drug-likeness (QED) is 0.701. The predicted molar refractivity (Wildman–Crippen MR) is 111 cm³/mol. The summed E-state index contributed by atoms with van der Waals surface area (Å²) in [4.78, 5) is 10.4. The smallest absolute Gasteiger partial charge is 0.157 e. The summed E-state index contributed by atoms with van der Waals surface area (Å²) in [6, 6.07) is 6.05. The summed E-state index contributed by atoms with van der Waals surface area (Å²) in [6.07, 6.45) is 4.50. The standard InChI is InChI=1S/C19H22N4O3S2/c1-12-11-26-9-8-23(12)15-10-13(19(5-6-19)28(2,24)25)18-17(21-15)16(22-27-18)14-4-3-7-20-14/h3-4,7,10,12,20H,5-6,8-9,11H2,1-2H3/t12-/m1/s1. The van der Waals surface area contributed by atoms with Crippen molar-refractivity contribution in [3.63, 3.8) is 0 Å². The van der Waals surface area contributed by atoms with E-state index in [2.05, 4.69) is 21.2 Å². The van der Waals surface area contributed by atoms with Gasteiger partial charge >= 0.3 is 0 Å². The molecule has 1 aliphatic heterocycles. The molecule has 1 aliphatic carbocycles. The van der Waals surface area contributed by atoms with Crippen molar-refractivity contribution in [1.29, 1.82) is 0 Å².